The highest BCUT2D eigenvalue weighted by molar-refractivity contribution is 7.89. The van der Waals surface area contributed by atoms with E-state index in [0.717, 1.165) is 4.31 Å². The maximum absolute atomic E-state index is 12.2. The van der Waals surface area contributed by atoms with Crippen molar-refractivity contribution in [1.29, 1.82) is 0 Å². The van der Waals surface area contributed by atoms with E-state index in [1.165, 1.54) is 25.2 Å². The SMILES string of the molecule is CN(CCCC(=O)O)S(=O)(=O)c1cc(Cl)cc(Cl)c1. The number of rotatable bonds is 6. The van der Waals surface area contributed by atoms with E-state index in [1.807, 2.05) is 0 Å². The Morgan fingerprint density at radius 1 is 1.26 bits per heavy atom. The minimum absolute atomic E-state index is 0.0113. The summed E-state index contributed by atoms with van der Waals surface area (Å²) >= 11 is 11.5. The van der Waals surface area contributed by atoms with Gasteiger partial charge in [0.1, 0.15) is 0 Å². The Labute approximate surface area is 121 Å². The van der Waals surface area contributed by atoms with E-state index < -0.39 is 16.0 Å². The molecule has 0 heterocycles. The molecule has 0 unspecified atom stereocenters. The van der Waals surface area contributed by atoms with E-state index in [1.54, 1.807) is 0 Å². The van der Waals surface area contributed by atoms with Crippen molar-refractivity contribution in [1.82, 2.24) is 4.31 Å². The van der Waals surface area contributed by atoms with E-state index in [-0.39, 0.29) is 34.3 Å². The summed E-state index contributed by atoms with van der Waals surface area (Å²) in [5.74, 6) is -0.961. The third kappa shape index (κ3) is 4.65. The molecule has 0 radical (unpaired) electrons. The van der Waals surface area contributed by atoms with E-state index in [0.29, 0.717) is 0 Å². The van der Waals surface area contributed by atoms with Gasteiger partial charge in [-0.3, -0.25) is 4.79 Å². The number of halogens is 2. The Hall–Kier alpha value is -0.820. The van der Waals surface area contributed by atoms with Crippen LogP contribution in [0.3, 0.4) is 0 Å². The minimum Gasteiger partial charge on any atom is -0.481 e. The topological polar surface area (TPSA) is 74.7 Å². The first-order chi connectivity index (χ1) is 8.73. The molecular weight excluding hydrogens is 313 g/mol. The third-order valence-electron chi connectivity index (χ3n) is 2.41. The number of sulfonamides is 1. The van der Waals surface area contributed by atoms with E-state index in [9.17, 15) is 13.2 Å². The summed E-state index contributed by atoms with van der Waals surface area (Å²) in [7, 11) is -2.33. The highest BCUT2D eigenvalue weighted by atomic mass is 35.5. The smallest absolute Gasteiger partial charge is 0.303 e. The fourth-order valence-electron chi connectivity index (χ4n) is 1.43. The van der Waals surface area contributed by atoms with Crippen LogP contribution < -0.4 is 0 Å². The molecule has 0 aromatic heterocycles. The summed E-state index contributed by atoms with van der Waals surface area (Å²) < 4.78 is 25.4. The van der Waals surface area contributed by atoms with Crippen LogP contribution in [0.15, 0.2) is 23.1 Å². The summed E-state index contributed by atoms with van der Waals surface area (Å²) in [5, 5.41) is 8.97. The fourth-order valence-corrected chi connectivity index (χ4v) is 3.37. The molecule has 0 saturated carbocycles. The van der Waals surface area contributed by atoms with Gasteiger partial charge in [-0.05, 0) is 24.6 Å². The molecule has 106 valence electrons. The molecule has 5 nitrogen and oxygen atoms in total. The maximum atomic E-state index is 12.2. The second kappa shape index (κ2) is 6.56. The lowest BCUT2D eigenvalue weighted by Gasteiger charge is -2.17. The van der Waals surface area contributed by atoms with E-state index in [2.05, 4.69) is 0 Å². The summed E-state index contributed by atoms with van der Waals surface area (Å²) in [5.41, 5.74) is 0. The molecule has 1 N–H and O–H groups in total. The quantitative estimate of drug-likeness (QED) is 0.871. The fraction of sp³-hybridized carbons (Fsp3) is 0.364. The summed E-state index contributed by atoms with van der Waals surface area (Å²) in [6.07, 6.45) is 0.148. The molecule has 1 aromatic rings. The van der Waals surface area contributed by atoms with Crippen LogP contribution in [0.2, 0.25) is 10.0 Å². The van der Waals surface area contributed by atoms with E-state index in [4.69, 9.17) is 28.3 Å². The number of hydrogen-bond acceptors (Lipinski definition) is 3. The van der Waals surface area contributed by atoms with Gasteiger partial charge in [0.2, 0.25) is 10.0 Å². The standard InChI is InChI=1S/C11H13Cl2NO4S/c1-14(4-2-3-11(15)16)19(17,18)10-6-8(12)5-9(13)7-10/h5-7H,2-4H2,1H3,(H,15,16). The predicted octanol–water partition coefficient (Wildman–Crippen LogP) is 2.48. The monoisotopic (exact) mass is 325 g/mol. The number of carbonyl (C=O) groups is 1. The molecule has 19 heavy (non-hydrogen) atoms. The zero-order valence-corrected chi connectivity index (χ0v) is 12.5. The first kappa shape index (κ1) is 16.2. The molecule has 0 amide bonds. The summed E-state index contributed by atoms with van der Waals surface area (Å²) in [6.45, 7) is 0.110. The van der Waals surface area contributed by atoms with Gasteiger partial charge in [-0.25, -0.2) is 12.7 Å². The lowest BCUT2D eigenvalue weighted by atomic mass is 10.3. The van der Waals surface area contributed by atoms with Crippen molar-refractivity contribution in [2.75, 3.05) is 13.6 Å². The first-order valence-electron chi connectivity index (χ1n) is 5.37. The van der Waals surface area contributed by atoms with Crippen LogP contribution in [-0.2, 0) is 14.8 Å². The Morgan fingerprint density at radius 3 is 2.26 bits per heavy atom. The average molecular weight is 326 g/mol. The van der Waals surface area contributed by atoms with Crippen molar-refractivity contribution in [2.24, 2.45) is 0 Å². The molecule has 0 atom stereocenters. The van der Waals surface area contributed by atoms with Crippen molar-refractivity contribution >= 4 is 39.2 Å². The van der Waals surface area contributed by atoms with Gasteiger partial charge in [0.25, 0.3) is 0 Å². The number of aliphatic carboxylic acids is 1. The second-order valence-corrected chi connectivity index (χ2v) is 6.85. The molecule has 1 rings (SSSR count). The Balaban J connectivity index is 2.87. The van der Waals surface area contributed by atoms with Crippen LogP contribution in [0.1, 0.15) is 12.8 Å². The largest absolute Gasteiger partial charge is 0.481 e. The van der Waals surface area contributed by atoms with Gasteiger partial charge in [-0.2, -0.15) is 0 Å². The molecule has 1 aromatic carbocycles. The van der Waals surface area contributed by atoms with Crippen LogP contribution in [0.25, 0.3) is 0 Å². The van der Waals surface area contributed by atoms with E-state index >= 15 is 0 Å². The highest BCUT2D eigenvalue weighted by Crippen LogP contribution is 2.24. The van der Waals surface area contributed by atoms with Gasteiger partial charge in [0.05, 0.1) is 4.90 Å². The number of carboxylic acid groups (broad SMARTS) is 1. The lowest BCUT2D eigenvalue weighted by Crippen LogP contribution is -2.28. The third-order valence-corrected chi connectivity index (χ3v) is 4.68. The molecule has 0 aliphatic carbocycles. The van der Waals surface area contributed by atoms with Gasteiger partial charge in [-0.15, -0.1) is 0 Å². The summed E-state index contributed by atoms with van der Waals surface area (Å²) in [6, 6.07) is 4.04. The van der Waals surface area contributed by atoms with Crippen LogP contribution >= 0.6 is 23.2 Å². The minimum atomic E-state index is -3.71. The van der Waals surface area contributed by atoms with Gasteiger partial charge < -0.3 is 5.11 Å². The molecule has 0 aliphatic rings. The Kier molecular flexibility index (Phi) is 5.61. The summed E-state index contributed by atoms with van der Waals surface area (Å²) in [4.78, 5) is 10.4. The predicted molar refractivity (Wildman–Crippen MR) is 73.1 cm³/mol. The number of nitrogens with zero attached hydrogens (tertiary/aromatic N) is 1. The number of benzene rings is 1. The average Bonchev–Trinajstić information content (AvgIpc) is 2.26. The number of hydrogen-bond donors (Lipinski definition) is 1. The Morgan fingerprint density at radius 2 is 1.79 bits per heavy atom. The normalized spacial score (nSPS) is 11.8. The van der Waals surface area contributed by atoms with Crippen molar-refractivity contribution in [3.63, 3.8) is 0 Å². The van der Waals surface area contributed by atoms with Crippen LogP contribution in [-0.4, -0.2) is 37.4 Å². The Bertz CT molecular complexity index is 554. The lowest BCUT2D eigenvalue weighted by molar-refractivity contribution is -0.137. The van der Waals surface area contributed by atoms with Crippen molar-refractivity contribution in [3.8, 4) is 0 Å². The zero-order chi connectivity index (χ0) is 14.6. The molecule has 0 spiro atoms. The van der Waals surface area contributed by atoms with Crippen LogP contribution in [0.5, 0.6) is 0 Å². The first-order valence-corrected chi connectivity index (χ1v) is 7.57. The highest BCUT2D eigenvalue weighted by Gasteiger charge is 2.21. The van der Waals surface area contributed by atoms with Gasteiger partial charge in [0.15, 0.2) is 0 Å². The van der Waals surface area contributed by atoms with Crippen LogP contribution in [0.4, 0.5) is 0 Å². The molecule has 0 fully saturated rings. The zero-order valence-electron chi connectivity index (χ0n) is 10.1. The van der Waals surface area contributed by atoms with Gasteiger partial charge in [-0.1, -0.05) is 23.2 Å². The number of carboxylic acids is 1. The van der Waals surface area contributed by atoms with Crippen molar-refractivity contribution < 1.29 is 18.3 Å². The van der Waals surface area contributed by atoms with Gasteiger partial charge in [0, 0.05) is 30.1 Å². The maximum Gasteiger partial charge on any atom is 0.303 e. The molecular formula is C11H13Cl2NO4S. The van der Waals surface area contributed by atoms with Gasteiger partial charge >= 0.3 is 5.97 Å². The molecule has 0 bridgehead atoms. The second-order valence-electron chi connectivity index (χ2n) is 3.93. The van der Waals surface area contributed by atoms with Crippen molar-refractivity contribution in [3.05, 3.63) is 28.2 Å². The molecule has 0 aliphatic heterocycles. The van der Waals surface area contributed by atoms with Crippen molar-refractivity contribution in [2.45, 2.75) is 17.7 Å². The molecule has 8 heteroatoms. The van der Waals surface area contributed by atoms with Crippen LogP contribution in [0, 0.1) is 0 Å². The molecule has 0 saturated heterocycles.